The van der Waals surface area contributed by atoms with E-state index in [1.54, 1.807) is 12.0 Å². The van der Waals surface area contributed by atoms with E-state index in [2.05, 4.69) is 0 Å². The third-order valence-electron chi connectivity index (χ3n) is 2.04. The van der Waals surface area contributed by atoms with Crippen LogP contribution in [0.1, 0.15) is 25.7 Å². The summed E-state index contributed by atoms with van der Waals surface area (Å²) in [6.45, 7) is 1.48. The Kier molecular flexibility index (Phi) is 9.10. The lowest BCUT2D eigenvalue weighted by Gasteiger charge is -2.16. The van der Waals surface area contributed by atoms with Crippen LogP contribution in [0.4, 0.5) is 0 Å². The van der Waals surface area contributed by atoms with Crippen molar-refractivity contribution in [1.29, 1.82) is 0 Å². The van der Waals surface area contributed by atoms with Gasteiger partial charge in [0.25, 0.3) is 0 Å². The van der Waals surface area contributed by atoms with Crippen molar-refractivity contribution in [2.24, 2.45) is 0 Å². The number of carbonyl (C=O) groups excluding carboxylic acids is 1. The topological polar surface area (TPSA) is 29.5 Å². The molecule has 0 rings (SSSR count). The van der Waals surface area contributed by atoms with Crippen LogP contribution >= 0.6 is 11.6 Å². The fourth-order valence-electron chi connectivity index (χ4n) is 1.13. The number of hydrogen-bond acceptors (Lipinski definition) is 2. The van der Waals surface area contributed by atoms with Crippen molar-refractivity contribution in [2.75, 3.05) is 33.2 Å². The zero-order valence-electron chi connectivity index (χ0n) is 9.09. The average Bonchev–Trinajstić information content (AvgIpc) is 2.18. The molecule has 0 aromatic carbocycles. The second-order valence-corrected chi connectivity index (χ2v) is 3.69. The van der Waals surface area contributed by atoms with Gasteiger partial charge in [-0.05, 0) is 19.3 Å². The van der Waals surface area contributed by atoms with E-state index in [0.717, 1.165) is 25.8 Å². The number of nitrogens with zero attached hydrogens (tertiary/aromatic N) is 1. The van der Waals surface area contributed by atoms with E-state index in [9.17, 15) is 4.79 Å². The molecule has 0 aromatic heterocycles. The largest absolute Gasteiger partial charge is 0.385 e. The molecular formula is C10H20ClNO2. The number of halogens is 1. The quantitative estimate of drug-likeness (QED) is 0.463. The first kappa shape index (κ1) is 13.7. The highest BCUT2D eigenvalue weighted by Gasteiger charge is 2.06. The summed E-state index contributed by atoms with van der Waals surface area (Å²) >= 11 is 5.53. The van der Waals surface area contributed by atoms with E-state index in [-0.39, 0.29) is 5.91 Å². The molecule has 0 bridgehead atoms. The van der Waals surface area contributed by atoms with Gasteiger partial charge in [0.1, 0.15) is 0 Å². The number of rotatable bonds is 8. The lowest BCUT2D eigenvalue weighted by molar-refractivity contribution is -0.130. The normalized spacial score (nSPS) is 10.2. The third-order valence-corrected chi connectivity index (χ3v) is 2.31. The molecule has 0 spiro atoms. The summed E-state index contributed by atoms with van der Waals surface area (Å²) in [6, 6.07) is 0. The van der Waals surface area contributed by atoms with E-state index in [4.69, 9.17) is 16.3 Å². The van der Waals surface area contributed by atoms with Crippen molar-refractivity contribution in [3.8, 4) is 0 Å². The minimum Gasteiger partial charge on any atom is -0.385 e. The minimum absolute atomic E-state index is 0.200. The molecule has 0 heterocycles. The summed E-state index contributed by atoms with van der Waals surface area (Å²) in [7, 11) is 3.50. The Morgan fingerprint density at radius 1 is 1.36 bits per heavy atom. The molecule has 0 radical (unpaired) electrons. The first-order valence-corrected chi connectivity index (χ1v) is 5.54. The second-order valence-electron chi connectivity index (χ2n) is 3.31. The summed E-state index contributed by atoms with van der Waals surface area (Å²) < 4.78 is 4.92. The molecule has 0 N–H and O–H groups in total. The summed E-state index contributed by atoms with van der Waals surface area (Å²) in [6.07, 6.45) is 3.31. The van der Waals surface area contributed by atoms with Gasteiger partial charge in [0, 0.05) is 39.6 Å². The van der Waals surface area contributed by atoms with Crippen molar-refractivity contribution < 1.29 is 9.53 Å². The minimum atomic E-state index is 0.200. The Balaban J connectivity index is 3.44. The summed E-state index contributed by atoms with van der Waals surface area (Å²) in [5.41, 5.74) is 0. The molecular weight excluding hydrogens is 202 g/mol. The maximum atomic E-state index is 11.5. The van der Waals surface area contributed by atoms with Gasteiger partial charge in [0.2, 0.25) is 5.91 Å². The van der Waals surface area contributed by atoms with E-state index in [0.29, 0.717) is 18.9 Å². The van der Waals surface area contributed by atoms with E-state index in [1.807, 2.05) is 7.05 Å². The van der Waals surface area contributed by atoms with Crippen molar-refractivity contribution in [2.45, 2.75) is 25.7 Å². The monoisotopic (exact) mass is 221 g/mol. The zero-order chi connectivity index (χ0) is 10.8. The molecule has 1 amide bonds. The Hall–Kier alpha value is -0.280. The number of methoxy groups -OCH3 is 1. The molecule has 14 heavy (non-hydrogen) atoms. The van der Waals surface area contributed by atoms with E-state index in [1.165, 1.54) is 0 Å². The van der Waals surface area contributed by atoms with Crippen LogP contribution in [0.5, 0.6) is 0 Å². The van der Waals surface area contributed by atoms with Crippen LogP contribution in [-0.2, 0) is 9.53 Å². The van der Waals surface area contributed by atoms with Gasteiger partial charge in [0.05, 0.1) is 0 Å². The van der Waals surface area contributed by atoms with Crippen LogP contribution in [0.3, 0.4) is 0 Å². The van der Waals surface area contributed by atoms with Gasteiger partial charge >= 0.3 is 0 Å². The maximum Gasteiger partial charge on any atom is 0.222 e. The van der Waals surface area contributed by atoms with Gasteiger partial charge in [-0.2, -0.15) is 0 Å². The Bertz CT molecular complexity index is 153. The first-order valence-electron chi connectivity index (χ1n) is 5.01. The highest BCUT2D eigenvalue weighted by atomic mass is 35.5. The van der Waals surface area contributed by atoms with Crippen molar-refractivity contribution in [3.63, 3.8) is 0 Å². The average molecular weight is 222 g/mol. The van der Waals surface area contributed by atoms with Crippen LogP contribution in [0.25, 0.3) is 0 Å². The number of amides is 1. The second kappa shape index (κ2) is 9.28. The van der Waals surface area contributed by atoms with Gasteiger partial charge in [0.15, 0.2) is 0 Å². The molecule has 0 aliphatic carbocycles. The molecule has 0 fully saturated rings. The summed E-state index contributed by atoms with van der Waals surface area (Å²) in [5, 5.41) is 0. The van der Waals surface area contributed by atoms with Gasteiger partial charge in [-0.25, -0.2) is 0 Å². The number of alkyl halides is 1. The Morgan fingerprint density at radius 3 is 2.64 bits per heavy atom. The van der Waals surface area contributed by atoms with E-state index >= 15 is 0 Å². The molecule has 3 nitrogen and oxygen atoms in total. The van der Waals surface area contributed by atoms with Crippen LogP contribution < -0.4 is 0 Å². The lowest BCUT2D eigenvalue weighted by Crippen LogP contribution is -2.28. The molecule has 0 aliphatic rings. The molecule has 0 saturated heterocycles. The summed E-state index contributed by atoms with van der Waals surface area (Å²) in [4.78, 5) is 13.2. The molecule has 0 unspecified atom stereocenters. The third kappa shape index (κ3) is 7.15. The molecule has 0 aliphatic heterocycles. The molecule has 84 valence electrons. The van der Waals surface area contributed by atoms with Gasteiger partial charge in [-0.3, -0.25) is 4.79 Å². The van der Waals surface area contributed by atoms with Gasteiger partial charge < -0.3 is 9.64 Å². The van der Waals surface area contributed by atoms with Crippen molar-refractivity contribution in [1.82, 2.24) is 4.90 Å². The highest BCUT2D eigenvalue weighted by Crippen LogP contribution is 2.01. The SMILES string of the molecule is COCCCN(C)C(=O)CCCCCl. The lowest BCUT2D eigenvalue weighted by atomic mass is 10.2. The number of hydrogen-bond donors (Lipinski definition) is 0. The van der Waals surface area contributed by atoms with E-state index < -0.39 is 0 Å². The van der Waals surface area contributed by atoms with Crippen LogP contribution in [-0.4, -0.2) is 44.0 Å². The first-order chi connectivity index (χ1) is 6.72. The standard InChI is InChI=1S/C10H20ClNO2/c1-12(8-5-9-14-2)10(13)6-3-4-7-11/h3-9H2,1-2H3. The van der Waals surface area contributed by atoms with Crippen LogP contribution in [0.2, 0.25) is 0 Å². The predicted octanol–water partition coefficient (Wildman–Crippen LogP) is 1.89. The smallest absolute Gasteiger partial charge is 0.222 e. The maximum absolute atomic E-state index is 11.5. The molecule has 0 aromatic rings. The molecule has 0 atom stereocenters. The van der Waals surface area contributed by atoms with Gasteiger partial charge in [-0.15, -0.1) is 11.6 Å². The van der Waals surface area contributed by atoms with Crippen LogP contribution in [0.15, 0.2) is 0 Å². The molecule has 4 heteroatoms. The van der Waals surface area contributed by atoms with Crippen molar-refractivity contribution >= 4 is 17.5 Å². The number of ether oxygens (including phenoxy) is 1. The zero-order valence-corrected chi connectivity index (χ0v) is 9.85. The Labute approximate surface area is 91.4 Å². The van der Waals surface area contributed by atoms with Crippen molar-refractivity contribution in [3.05, 3.63) is 0 Å². The number of carbonyl (C=O) groups is 1. The summed E-state index contributed by atoms with van der Waals surface area (Å²) in [5.74, 6) is 0.840. The number of unbranched alkanes of at least 4 members (excludes halogenated alkanes) is 1. The Morgan fingerprint density at radius 2 is 2.07 bits per heavy atom. The fraction of sp³-hybridized carbons (Fsp3) is 0.900. The highest BCUT2D eigenvalue weighted by molar-refractivity contribution is 6.17. The van der Waals surface area contributed by atoms with Crippen LogP contribution in [0, 0.1) is 0 Å². The van der Waals surface area contributed by atoms with Gasteiger partial charge in [-0.1, -0.05) is 0 Å². The fourth-order valence-corrected chi connectivity index (χ4v) is 1.32. The molecule has 0 saturated carbocycles. The predicted molar refractivity (Wildman–Crippen MR) is 58.7 cm³/mol.